The van der Waals surface area contributed by atoms with E-state index in [1.807, 2.05) is 17.2 Å². The zero-order valence-electron chi connectivity index (χ0n) is 20.0. The first-order chi connectivity index (χ1) is 17.5. The van der Waals surface area contributed by atoms with Crippen LogP contribution in [0.25, 0.3) is 0 Å². The first kappa shape index (κ1) is 22.7. The van der Waals surface area contributed by atoms with Gasteiger partial charge in [-0.1, -0.05) is 17.4 Å². The van der Waals surface area contributed by atoms with Crippen molar-refractivity contribution in [3.63, 3.8) is 0 Å². The van der Waals surface area contributed by atoms with Crippen molar-refractivity contribution in [2.45, 2.75) is 54.8 Å². The summed E-state index contributed by atoms with van der Waals surface area (Å²) in [5, 5.41) is 1.04. The SMILES string of the molecule is CC(C(=O)N1CCCCC1)N1C(=O)C2C3CC(C2C1=O)C1C(c2cccnc2)c2sc(=O)[nH]c2SC31. The molecule has 5 heterocycles. The number of H-pyrrole nitrogens is 1. The maximum atomic E-state index is 13.8. The van der Waals surface area contributed by atoms with E-state index in [9.17, 15) is 19.2 Å². The number of aromatic amines is 1. The lowest BCUT2D eigenvalue weighted by Crippen LogP contribution is -2.51. The molecular weight excluding hydrogens is 496 g/mol. The molecule has 10 heteroatoms. The molecule has 4 fully saturated rings. The molecule has 0 spiro atoms. The van der Waals surface area contributed by atoms with E-state index in [1.165, 1.54) is 16.2 Å². The van der Waals surface area contributed by atoms with Gasteiger partial charge in [-0.25, -0.2) is 0 Å². The van der Waals surface area contributed by atoms with E-state index in [0.717, 1.165) is 41.1 Å². The molecule has 2 saturated carbocycles. The third-order valence-electron chi connectivity index (χ3n) is 9.21. The smallest absolute Gasteiger partial charge is 0.305 e. The number of thiazole rings is 1. The summed E-state index contributed by atoms with van der Waals surface area (Å²) in [6.07, 6.45) is 7.50. The zero-order chi connectivity index (χ0) is 24.7. The Kier molecular flexibility index (Phi) is 5.22. The lowest BCUT2D eigenvalue weighted by atomic mass is 9.68. The Hall–Kier alpha value is -2.46. The van der Waals surface area contributed by atoms with E-state index in [2.05, 4.69) is 16.0 Å². The molecule has 2 aromatic heterocycles. The number of hydrogen-bond donors (Lipinski definition) is 1. The Balaban J connectivity index is 1.24. The van der Waals surface area contributed by atoms with E-state index in [1.54, 1.807) is 24.9 Å². The van der Waals surface area contributed by atoms with Gasteiger partial charge in [0.2, 0.25) is 17.7 Å². The molecule has 2 aliphatic carbocycles. The number of nitrogens with zero attached hydrogens (tertiary/aromatic N) is 3. The van der Waals surface area contributed by atoms with Crippen molar-refractivity contribution in [3.8, 4) is 0 Å². The lowest BCUT2D eigenvalue weighted by Gasteiger charge is -2.42. The van der Waals surface area contributed by atoms with Crippen LogP contribution in [0.1, 0.15) is 49.0 Å². The number of carbonyl (C=O) groups excluding carboxylic acids is 3. The van der Waals surface area contributed by atoms with Gasteiger partial charge in [-0.15, -0.1) is 11.8 Å². The van der Waals surface area contributed by atoms with Gasteiger partial charge in [0.25, 0.3) is 0 Å². The number of amides is 3. The van der Waals surface area contributed by atoms with Crippen LogP contribution in [0, 0.1) is 29.6 Å². The third kappa shape index (κ3) is 3.09. The number of hydrogen-bond acceptors (Lipinski definition) is 7. The quantitative estimate of drug-likeness (QED) is 0.620. The molecule has 8 unspecified atom stereocenters. The number of imide groups is 1. The number of carbonyl (C=O) groups is 3. The first-order valence-corrected chi connectivity index (χ1v) is 14.6. The highest BCUT2D eigenvalue weighted by Crippen LogP contribution is 2.68. The second kappa shape index (κ2) is 8.28. The average Bonchev–Trinajstić information content (AvgIpc) is 3.63. The number of likely N-dealkylation sites (tertiary alicyclic amines) is 2. The fourth-order valence-corrected chi connectivity index (χ4v) is 10.7. The molecule has 36 heavy (non-hydrogen) atoms. The largest absolute Gasteiger partial charge is 0.341 e. The predicted octanol–water partition coefficient (Wildman–Crippen LogP) is 2.71. The summed E-state index contributed by atoms with van der Waals surface area (Å²) in [5.74, 6) is -0.960. The molecule has 3 amide bonds. The monoisotopic (exact) mass is 524 g/mol. The fourth-order valence-electron chi connectivity index (χ4n) is 7.84. The number of fused-ring (bicyclic) bond motifs is 9. The molecule has 8 nitrogen and oxygen atoms in total. The minimum absolute atomic E-state index is 0.0239. The Bertz CT molecular complexity index is 1300. The van der Waals surface area contributed by atoms with Crippen molar-refractivity contribution in [3.05, 3.63) is 44.6 Å². The molecule has 5 aliphatic rings. The summed E-state index contributed by atoms with van der Waals surface area (Å²) < 4.78 is 0. The average molecular weight is 525 g/mol. The molecule has 1 N–H and O–H groups in total. The molecule has 8 atom stereocenters. The van der Waals surface area contributed by atoms with E-state index in [0.29, 0.717) is 13.1 Å². The molecule has 3 aliphatic heterocycles. The van der Waals surface area contributed by atoms with Crippen LogP contribution >= 0.6 is 23.1 Å². The Morgan fingerprint density at radius 2 is 1.86 bits per heavy atom. The van der Waals surface area contributed by atoms with Gasteiger partial charge in [-0.05, 0) is 62.0 Å². The second-order valence-electron chi connectivity index (χ2n) is 10.9. The molecular formula is C26H28N4O4S2. The fraction of sp³-hybridized carbons (Fsp3) is 0.577. The van der Waals surface area contributed by atoms with Crippen molar-refractivity contribution in [1.82, 2.24) is 19.8 Å². The van der Waals surface area contributed by atoms with Gasteiger partial charge in [0.1, 0.15) is 6.04 Å². The van der Waals surface area contributed by atoms with Gasteiger partial charge in [-0.2, -0.15) is 0 Å². The van der Waals surface area contributed by atoms with E-state index in [4.69, 9.17) is 0 Å². The van der Waals surface area contributed by atoms with Crippen molar-refractivity contribution < 1.29 is 14.4 Å². The summed E-state index contributed by atoms with van der Waals surface area (Å²) in [5.41, 5.74) is 1.05. The molecule has 188 valence electrons. The highest BCUT2D eigenvalue weighted by Gasteiger charge is 2.70. The Morgan fingerprint density at radius 1 is 1.11 bits per heavy atom. The standard InChI is InChI=1S/C26H28N4O4S2/c1-12(23(31)29-8-3-2-4-9-29)30-24(32)18-14-10-15(19(18)25(30)33)20-17(14)16(13-6-5-7-27-11-13)21-22(35-20)28-26(34)36-21/h5-7,11-12,14-20H,2-4,8-10H2,1H3,(H,28,34). The summed E-state index contributed by atoms with van der Waals surface area (Å²) in [6, 6.07) is 3.21. The van der Waals surface area contributed by atoms with Crippen molar-refractivity contribution in [2.24, 2.45) is 29.6 Å². The molecule has 2 bridgehead atoms. The molecule has 0 aromatic carbocycles. The van der Waals surface area contributed by atoms with Gasteiger partial charge in [0.05, 0.1) is 16.9 Å². The number of thioether (sulfide) groups is 1. The second-order valence-corrected chi connectivity index (χ2v) is 13.1. The van der Waals surface area contributed by atoms with E-state index < -0.39 is 6.04 Å². The van der Waals surface area contributed by atoms with Crippen molar-refractivity contribution >= 4 is 40.8 Å². The highest BCUT2D eigenvalue weighted by atomic mass is 32.2. The van der Waals surface area contributed by atoms with Gasteiger partial charge in [0, 0.05) is 41.5 Å². The van der Waals surface area contributed by atoms with Crippen LogP contribution < -0.4 is 4.87 Å². The molecule has 7 rings (SSSR count). The van der Waals surface area contributed by atoms with Gasteiger partial charge >= 0.3 is 4.87 Å². The van der Waals surface area contributed by atoms with Gasteiger partial charge in [-0.3, -0.25) is 29.1 Å². The first-order valence-electron chi connectivity index (χ1n) is 12.9. The summed E-state index contributed by atoms with van der Waals surface area (Å²) in [4.78, 5) is 64.6. The number of aromatic nitrogens is 2. The Labute approximate surface area is 216 Å². The zero-order valence-corrected chi connectivity index (χ0v) is 21.6. The number of rotatable bonds is 3. The molecule has 2 aromatic rings. The Morgan fingerprint density at radius 3 is 2.58 bits per heavy atom. The number of pyridine rings is 1. The molecule has 0 radical (unpaired) electrons. The van der Waals surface area contributed by atoms with Crippen molar-refractivity contribution in [2.75, 3.05) is 13.1 Å². The maximum absolute atomic E-state index is 13.8. The number of piperidine rings is 1. The van der Waals surface area contributed by atoms with Crippen LogP contribution in [0.3, 0.4) is 0 Å². The number of nitrogens with one attached hydrogen (secondary N) is 1. The minimum Gasteiger partial charge on any atom is -0.341 e. The van der Waals surface area contributed by atoms with Gasteiger partial charge in [0.15, 0.2) is 0 Å². The summed E-state index contributed by atoms with van der Waals surface area (Å²) in [6.45, 7) is 3.12. The van der Waals surface area contributed by atoms with E-state index >= 15 is 0 Å². The highest BCUT2D eigenvalue weighted by molar-refractivity contribution is 8.00. The van der Waals surface area contributed by atoms with Crippen LogP contribution in [0.15, 0.2) is 34.3 Å². The van der Waals surface area contributed by atoms with Crippen LogP contribution in [0.4, 0.5) is 0 Å². The third-order valence-corrected chi connectivity index (χ3v) is 11.8. The van der Waals surface area contributed by atoms with Crippen LogP contribution in [0.5, 0.6) is 0 Å². The summed E-state index contributed by atoms with van der Waals surface area (Å²) >= 11 is 2.93. The normalized spacial score (nSPS) is 35.5. The summed E-state index contributed by atoms with van der Waals surface area (Å²) in [7, 11) is 0. The van der Waals surface area contributed by atoms with Crippen LogP contribution in [0.2, 0.25) is 0 Å². The molecule has 2 saturated heterocycles. The van der Waals surface area contributed by atoms with Gasteiger partial charge < -0.3 is 9.88 Å². The maximum Gasteiger partial charge on any atom is 0.305 e. The van der Waals surface area contributed by atoms with Crippen LogP contribution in [-0.4, -0.2) is 61.9 Å². The predicted molar refractivity (Wildman–Crippen MR) is 134 cm³/mol. The minimum atomic E-state index is -0.755. The van der Waals surface area contributed by atoms with E-state index in [-0.39, 0.29) is 63.4 Å². The lowest BCUT2D eigenvalue weighted by molar-refractivity contribution is -0.152. The van der Waals surface area contributed by atoms with Crippen molar-refractivity contribution in [1.29, 1.82) is 0 Å². The topological polar surface area (TPSA) is 103 Å². The van der Waals surface area contributed by atoms with Crippen LogP contribution in [-0.2, 0) is 14.4 Å².